The summed E-state index contributed by atoms with van der Waals surface area (Å²) >= 11 is 2.00. The summed E-state index contributed by atoms with van der Waals surface area (Å²) in [7, 11) is -3.70. The van der Waals surface area contributed by atoms with E-state index in [9.17, 15) is 8.42 Å². The molecule has 5 nitrogen and oxygen atoms in total. The molecule has 0 aliphatic carbocycles. The maximum Gasteiger partial charge on any atom is 0.287 e. The summed E-state index contributed by atoms with van der Waals surface area (Å²) in [6.07, 6.45) is 1.18. The Kier molecular flexibility index (Phi) is 3.67. The molecular formula is C9H8N2O3S3. The maximum absolute atomic E-state index is 11.0. The van der Waals surface area contributed by atoms with E-state index in [0.717, 1.165) is 28.3 Å². The van der Waals surface area contributed by atoms with Crippen molar-refractivity contribution >= 4 is 33.4 Å². The number of rotatable bonds is 4. The highest BCUT2D eigenvalue weighted by atomic mass is 32.2. The second-order valence-electron chi connectivity index (χ2n) is 2.97. The Morgan fingerprint density at radius 3 is 2.59 bits per heavy atom. The van der Waals surface area contributed by atoms with Gasteiger partial charge in [0.2, 0.25) is 10.0 Å². The van der Waals surface area contributed by atoms with Crippen molar-refractivity contribution in [3.63, 3.8) is 0 Å². The summed E-state index contributed by atoms with van der Waals surface area (Å²) < 4.78 is 27.3. The van der Waals surface area contributed by atoms with Crippen LogP contribution in [0.2, 0.25) is 0 Å². The molecule has 1 heterocycles. The van der Waals surface area contributed by atoms with E-state index < -0.39 is 10.0 Å². The fourth-order valence-corrected chi connectivity index (χ4v) is 2.95. The third kappa shape index (κ3) is 3.43. The normalized spacial score (nSPS) is 11.4. The Morgan fingerprint density at radius 2 is 2.00 bits per heavy atom. The molecule has 0 radical (unpaired) electrons. The standard InChI is InChI=1S/C9H8N2O3S3/c10-17(12,13)8-6-11-9(15-8)14-16-7-4-2-1-3-5-7/h1-6H,(H2,10,12,13). The predicted molar refractivity (Wildman–Crippen MR) is 66.4 cm³/mol. The fraction of sp³-hybridized carbons (Fsp3) is 0. The Labute approximate surface area is 107 Å². The number of benzene rings is 1. The van der Waals surface area contributed by atoms with Gasteiger partial charge in [-0.15, -0.1) is 0 Å². The van der Waals surface area contributed by atoms with Crippen molar-refractivity contribution in [3.05, 3.63) is 36.5 Å². The minimum atomic E-state index is -3.70. The molecule has 0 saturated carbocycles. The van der Waals surface area contributed by atoms with Crippen LogP contribution in [0.5, 0.6) is 5.19 Å². The first-order valence-electron chi connectivity index (χ1n) is 4.44. The molecule has 0 unspecified atom stereocenters. The number of nitrogens with two attached hydrogens (primary N) is 1. The number of hydrogen-bond donors (Lipinski definition) is 1. The van der Waals surface area contributed by atoms with Crippen molar-refractivity contribution in [2.75, 3.05) is 0 Å². The van der Waals surface area contributed by atoms with E-state index >= 15 is 0 Å². The first kappa shape index (κ1) is 12.4. The lowest BCUT2D eigenvalue weighted by Gasteiger charge is -1.98. The van der Waals surface area contributed by atoms with Gasteiger partial charge in [0.05, 0.1) is 18.2 Å². The molecule has 0 amide bonds. The van der Waals surface area contributed by atoms with Crippen molar-refractivity contribution in [2.45, 2.75) is 9.10 Å². The molecule has 0 saturated heterocycles. The molecule has 0 spiro atoms. The van der Waals surface area contributed by atoms with Crippen LogP contribution in [0.3, 0.4) is 0 Å². The Bertz CT molecular complexity index is 595. The smallest absolute Gasteiger partial charge is 0.287 e. The van der Waals surface area contributed by atoms with Gasteiger partial charge in [-0.05, 0) is 12.1 Å². The van der Waals surface area contributed by atoms with E-state index in [1.165, 1.54) is 6.20 Å². The third-order valence-corrected chi connectivity index (χ3v) is 4.79. The molecule has 8 heteroatoms. The molecule has 2 N–H and O–H groups in total. The van der Waals surface area contributed by atoms with E-state index in [-0.39, 0.29) is 9.40 Å². The molecule has 0 bridgehead atoms. The van der Waals surface area contributed by atoms with Gasteiger partial charge in [0, 0.05) is 4.90 Å². The monoisotopic (exact) mass is 288 g/mol. The van der Waals surface area contributed by atoms with Gasteiger partial charge < -0.3 is 4.18 Å². The van der Waals surface area contributed by atoms with Crippen molar-refractivity contribution in [1.29, 1.82) is 0 Å². The topological polar surface area (TPSA) is 82.3 Å². The van der Waals surface area contributed by atoms with E-state index in [2.05, 4.69) is 4.98 Å². The van der Waals surface area contributed by atoms with Crippen LogP contribution < -0.4 is 9.32 Å². The summed E-state index contributed by atoms with van der Waals surface area (Å²) in [4.78, 5) is 4.72. The molecule has 0 aliphatic heterocycles. The van der Waals surface area contributed by atoms with Crippen LogP contribution in [0.4, 0.5) is 0 Å². The molecule has 90 valence electrons. The van der Waals surface area contributed by atoms with Crippen molar-refractivity contribution in [2.24, 2.45) is 5.14 Å². The largest absolute Gasteiger partial charge is 0.391 e. The Morgan fingerprint density at radius 1 is 1.29 bits per heavy atom. The Hall–Kier alpha value is -1.09. The quantitative estimate of drug-likeness (QED) is 0.869. The lowest BCUT2D eigenvalue weighted by Crippen LogP contribution is -2.09. The fourth-order valence-electron chi connectivity index (χ4n) is 0.974. The van der Waals surface area contributed by atoms with Gasteiger partial charge in [0.1, 0.15) is 0 Å². The number of hydrogen-bond acceptors (Lipinski definition) is 6. The second-order valence-corrected chi connectivity index (χ2v) is 6.56. The molecule has 0 atom stereocenters. The highest BCUT2D eigenvalue weighted by Gasteiger charge is 2.13. The first-order valence-corrected chi connectivity index (χ1v) is 7.54. The molecular weight excluding hydrogens is 280 g/mol. The van der Waals surface area contributed by atoms with Crippen LogP contribution in [0, 0.1) is 0 Å². The van der Waals surface area contributed by atoms with Gasteiger partial charge in [-0.1, -0.05) is 29.5 Å². The SMILES string of the molecule is NS(=O)(=O)c1cnc(OSc2ccccc2)s1. The van der Waals surface area contributed by atoms with E-state index in [1.54, 1.807) is 0 Å². The van der Waals surface area contributed by atoms with Crippen LogP contribution in [0.1, 0.15) is 0 Å². The van der Waals surface area contributed by atoms with Gasteiger partial charge in [0.25, 0.3) is 5.19 Å². The zero-order chi connectivity index (χ0) is 12.3. The minimum Gasteiger partial charge on any atom is -0.391 e. The molecule has 1 aromatic carbocycles. The maximum atomic E-state index is 11.0. The number of nitrogens with zero attached hydrogens (tertiary/aromatic N) is 1. The zero-order valence-electron chi connectivity index (χ0n) is 8.44. The van der Waals surface area contributed by atoms with E-state index in [4.69, 9.17) is 9.32 Å². The van der Waals surface area contributed by atoms with Gasteiger partial charge in [-0.25, -0.2) is 18.5 Å². The van der Waals surface area contributed by atoms with Crippen molar-refractivity contribution < 1.29 is 12.6 Å². The number of primary sulfonamides is 1. The van der Waals surface area contributed by atoms with E-state index in [0.29, 0.717) is 0 Å². The van der Waals surface area contributed by atoms with Crippen molar-refractivity contribution in [3.8, 4) is 5.19 Å². The predicted octanol–water partition coefficient (Wildman–Crippen LogP) is 1.88. The van der Waals surface area contributed by atoms with Gasteiger partial charge >= 0.3 is 0 Å². The molecule has 1 aromatic heterocycles. The summed E-state index contributed by atoms with van der Waals surface area (Å²) in [6.45, 7) is 0. The number of sulfonamides is 1. The highest BCUT2D eigenvalue weighted by molar-refractivity contribution is 7.95. The van der Waals surface area contributed by atoms with Crippen molar-refractivity contribution in [1.82, 2.24) is 4.98 Å². The number of aromatic nitrogens is 1. The minimum absolute atomic E-state index is 0.0128. The first-order chi connectivity index (χ1) is 8.05. The lowest BCUT2D eigenvalue weighted by molar-refractivity contribution is 0.599. The average Bonchev–Trinajstić information content (AvgIpc) is 2.76. The second kappa shape index (κ2) is 5.05. The molecule has 17 heavy (non-hydrogen) atoms. The summed E-state index contributed by atoms with van der Waals surface area (Å²) in [5.41, 5.74) is 0. The van der Waals surface area contributed by atoms with Crippen LogP contribution in [0.25, 0.3) is 0 Å². The zero-order valence-corrected chi connectivity index (χ0v) is 10.9. The van der Waals surface area contributed by atoms with Crippen LogP contribution in [0.15, 0.2) is 45.6 Å². The summed E-state index contributed by atoms with van der Waals surface area (Å²) in [5, 5.41) is 5.21. The highest BCUT2D eigenvalue weighted by Crippen LogP contribution is 2.29. The van der Waals surface area contributed by atoms with Gasteiger partial charge in [0.15, 0.2) is 4.21 Å². The Balaban J connectivity index is 2.04. The molecule has 0 aliphatic rings. The molecule has 0 fully saturated rings. The van der Waals surface area contributed by atoms with E-state index in [1.807, 2.05) is 30.3 Å². The summed E-state index contributed by atoms with van der Waals surface area (Å²) in [6, 6.07) is 9.40. The third-order valence-electron chi connectivity index (χ3n) is 1.70. The van der Waals surface area contributed by atoms with Crippen LogP contribution in [-0.4, -0.2) is 13.4 Å². The molecule has 2 aromatic rings. The number of thiazole rings is 1. The van der Waals surface area contributed by atoms with Crippen LogP contribution >= 0.6 is 23.4 Å². The lowest BCUT2D eigenvalue weighted by atomic mass is 10.4. The average molecular weight is 288 g/mol. The van der Waals surface area contributed by atoms with Crippen LogP contribution in [-0.2, 0) is 10.0 Å². The van der Waals surface area contributed by atoms with Gasteiger partial charge in [-0.2, -0.15) is 0 Å². The summed E-state index contributed by atoms with van der Waals surface area (Å²) in [5.74, 6) is 0. The van der Waals surface area contributed by atoms with Gasteiger partial charge in [-0.3, -0.25) is 0 Å². The molecule has 2 rings (SSSR count).